The standard InChI is InChI=1S/C15H25N7O8.C5H9NO3.C4H11N.C4H10.C2H6/c1-2-17-11(25)4-19-13(27)6-21-15(29)8-30-22-14(28)7-20-12(26)5-18-10(24)3-16-9-23;1-3-5(8)6-9-4(2)7;1-2-3-4-5;1-4(2)3;1-2/h9H,2-8H2,1H3,(H,16,23)(H,17,25)(H,18,24)(H,19,27)(H,20,26)(H,21,29)(H,22,28);3H2,1-2H3,(H,6,8);2-5H2,1H3;4H,1-3H3;1-2H3. The largest absolute Gasteiger partial charge is 0.355 e. The number of likely N-dealkylation sites (N-methyl/N-ethyl adjacent to an activating group) is 1. The second kappa shape index (κ2) is 42.2. The van der Waals surface area contributed by atoms with E-state index in [2.05, 4.69) is 69.3 Å². The molecule has 0 aromatic heterocycles. The zero-order valence-electron chi connectivity index (χ0n) is 31.0. The predicted molar refractivity (Wildman–Crippen MR) is 185 cm³/mol. The van der Waals surface area contributed by atoms with Crippen LogP contribution >= 0.6 is 0 Å². The van der Waals surface area contributed by atoms with Crippen LogP contribution in [0, 0.1) is 5.92 Å². The number of hydrogen-bond acceptors (Lipinski definition) is 12. The van der Waals surface area contributed by atoms with Crippen LogP contribution in [0.2, 0.25) is 0 Å². The first-order chi connectivity index (χ1) is 23.6. The maximum atomic E-state index is 11.5. The molecule has 0 saturated carbocycles. The number of hydroxylamine groups is 2. The van der Waals surface area contributed by atoms with E-state index in [0.29, 0.717) is 19.4 Å². The summed E-state index contributed by atoms with van der Waals surface area (Å²) >= 11 is 0. The van der Waals surface area contributed by atoms with Crippen molar-refractivity contribution in [3.8, 4) is 0 Å². The highest BCUT2D eigenvalue weighted by atomic mass is 16.7. The lowest BCUT2D eigenvalue weighted by Crippen LogP contribution is -2.44. The second-order valence-electron chi connectivity index (χ2n) is 9.72. The Bertz CT molecular complexity index is 962. The second-order valence-corrected chi connectivity index (χ2v) is 9.72. The number of nitrogens with two attached hydrogens (primary N) is 1. The van der Waals surface area contributed by atoms with Gasteiger partial charge in [-0.3, -0.25) is 48.0 Å². The highest BCUT2D eigenvalue weighted by molar-refractivity contribution is 5.89. The Morgan fingerprint density at radius 1 is 0.640 bits per heavy atom. The van der Waals surface area contributed by atoms with Crippen molar-refractivity contribution in [1.29, 1.82) is 0 Å². The molecule has 0 heterocycles. The molecule has 0 atom stereocenters. The minimum Gasteiger partial charge on any atom is -0.355 e. The Labute approximate surface area is 295 Å². The molecule has 50 heavy (non-hydrogen) atoms. The molecule has 0 aliphatic heterocycles. The third kappa shape index (κ3) is 55.5. The zero-order valence-corrected chi connectivity index (χ0v) is 31.0. The molecule has 0 saturated heterocycles. The molecule has 8 amide bonds. The molecule has 10 N–H and O–H groups in total. The number of unbranched alkanes of at least 4 members (excludes halogenated alkanes) is 1. The van der Waals surface area contributed by atoms with Crippen LogP contribution in [0.15, 0.2) is 0 Å². The van der Waals surface area contributed by atoms with Gasteiger partial charge in [0.25, 0.3) is 11.8 Å². The van der Waals surface area contributed by atoms with Gasteiger partial charge in [0.1, 0.15) is 0 Å². The van der Waals surface area contributed by atoms with E-state index < -0.39 is 55.2 Å². The van der Waals surface area contributed by atoms with E-state index in [1.165, 1.54) is 19.8 Å². The number of rotatable bonds is 18. The third-order valence-electron chi connectivity index (χ3n) is 4.08. The number of nitrogens with one attached hydrogen (secondary N) is 8. The Balaban J connectivity index is -0.000000273. The zero-order chi connectivity index (χ0) is 39.8. The van der Waals surface area contributed by atoms with Crippen LogP contribution in [-0.4, -0.2) is 106 Å². The van der Waals surface area contributed by atoms with Gasteiger partial charge in [0, 0.05) is 19.9 Å². The third-order valence-corrected chi connectivity index (χ3v) is 4.08. The number of hydrogen-bond donors (Lipinski definition) is 9. The molecule has 0 fully saturated rings. The predicted octanol–water partition coefficient (Wildman–Crippen LogP) is -2.19. The van der Waals surface area contributed by atoms with Crippen LogP contribution in [0.1, 0.15) is 81.6 Å². The molecule has 0 unspecified atom stereocenters. The normalized spacial score (nSPS) is 8.86. The lowest BCUT2D eigenvalue weighted by molar-refractivity contribution is -0.156. The maximum absolute atomic E-state index is 11.5. The SMILES string of the molecule is CC.CC(C)C.CCC(=O)NOC(C)=O.CCCCN.CCNC(=O)CNC(=O)CNC(=O)CONC(=O)CNC(=O)CNC(=O)CNC=O. The van der Waals surface area contributed by atoms with E-state index >= 15 is 0 Å². The lowest BCUT2D eigenvalue weighted by Gasteiger charge is -2.09. The Kier molecular flexibility index (Phi) is 46.0. The highest BCUT2D eigenvalue weighted by Gasteiger charge is 2.10. The highest BCUT2D eigenvalue weighted by Crippen LogP contribution is 1.81. The van der Waals surface area contributed by atoms with Crippen LogP contribution in [0.4, 0.5) is 0 Å². The summed E-state index contributed by atoms with van der Waals surface area (Å²) in [4.78, 5) is 107. The average Bonchev–Trinajstić information content (AvgIpc) is 3.07. The summed E-state index contributed by atoms with van der Waals surface area (Å²) in [5.41, 5.74) is 8.98. The molecule has 0 aromatic carbocycles. The van der Waals surface area contributed by atoms with E-state index in [4.69, 9.17) is 5.73 Å². The van der Waals surface area contributed by atoms with E-state index in [0.717, 1.165) is 12.5 Å². The van der Waals surface area contributed by atoms with Gasteiger partial charge < -0.3 is 42.5 Å². The minimum atomic E-state index is -0.773. The fourth-order valence-corrected chi connectivity index (χ4v) is 1.97. The van der Waals surface area contributed by atoms with Crippen LogP contribution in [-0.2, 0) is 52.8 Å². The Morgan fingerprint density at radius 3 is 1.42 bits per heavy atom. The molecular formula is C30H61N9O11. The van der Waals surface area contributed by atoms with Crippen LogP contribution in [0.5, 0.6) is 0 Å². The van der Waals surface area contributed by atoms with Gasteiger partial charge in [-0.2, -0.15) is 5.48 Å². The first kappa shape index (κ1) is 54.6. The Morgan fingerprint density at radius 2 is 1.06 bits per heavy atom. The summed E-state index contributed by atoms with van der Waals surface area (Å²) < 4.78 is 0. The first-order valence-corrected chi connectivity index (χ1v) is 16.2. The summed E-state index contributed by atoms with van der Waals surface area (Å²) in [6.07, 6.45) is 3.03. The molecule has 0 bridgehead atoms. The number of carbonyl (C=O) groups excluding carboxylic acids is 9. The van der Waals surface area contributed by atoms with Gasteiger partial charge in [-0.15, -0.1) is 0 Å². The summed E-state index contributed by atoms with van der Waals surface area (Å²) in [6.45, 7) is 16.1. The molecule has 0 rings (SSSR count). The van der Waals surface area contributed by atoms with Gasteiger partial charge in [0.15, 0.2) is 6.61 Å². The van der Waals surface area contributed by atoms with Gasteiger partial charge in [-0.25, -0.2) is 5.48 Å². The minimum absolute atomic E-state index is 0.222. The topological polar surface area (TPSA) is 294 Å². The summed E-state index contributed by atoms with van der Waals surface area (Å²) in [6, 6.07) is 0. The summed E-state index contributed by atoms with van der Waals surface area (Å²) in [5, 5.41) is 13.5. The van der Waals surface area contributed by atoms with Crippen molar-refractivity contribution in [3.05, 3.63) is 0 Å². The molecule has 0 aliphatic rings. The van der Waals surface area contributed by atoms with Crippen molar-refractivity contribution in [3.63, 3.8) is 0 Å². The summed E-state index contributed by atoms with van der Waals surface area (Å²) in [5.74, 6) is -3.68. The molecular weight excluding hydrogens is 662 g/mol. The van der Waals surface area contributed by atoms with Crippen LogP contribution in [0.25, 0.3) is 0 Å². The van der Waals surface area contributed by atoms with Crippen LogP contribution in [0.3, 0.4) is 0 Å². The monoisotopic (exact) mass is 723 g/mol. The van der Waals surface area contributed by atoms with Gasteiger partial charge in [-0.05, 0) is 25.8 Å². The molecule has 20 nitrogen and oxygen atoms in total. The number of amides is 8. The number of carbonyl (C=O) groups is 9. The molecule has 0 aliphatic carbocycles. The van der Waals surface area contributed by atoms with Crippen molar-refractivity contribution in [2.24, 2.45) is 11.7 Å². The van der Waals surface area contributed by atoms with Gasteiger partial charge in [-0.1, -0.05) is 54.9 Å². The van der Waals surface area contributed by atoms with Gasteiger partial charge >= 0.3 is 5.97 Å². The lowest BCUT2D eigenvalue weighted by atomic mass is 10.3. The molecule has 0 aromatic rings. The van der Waals surface area contributed by atoms with E-state index in [-0.39, 0.29) is 31.4 Å². The Hall–Kier alpha value is -4.85. The van der Waals surface area contributed by atoms with E-state index in [9.17, 15) is 43.2 Å². The van der Waals surface area contributed by atoms with Gasteiger partial charge in [0.05, 0.1) is 32.7 Å². The molecule has 20 heteroatoms. The van der Waals surface area contributed by atoms with Crippen molar-refractivity contribution in [2.45, 2.75) is 81.6 Å². The smallest absolute Gasteiger partial charge is 0.329 e. The van der Waals surface area contributed by atoms with Crippen molar-refractivity contribution in [2.75, 3.05) is 52.4 Å². The maximum Gasteiger partial charge on any atom is 0.329 e. The van der Waals surface area contributed by atoms with Gasteiger partial charge in [0.2, 0.25) is 35.9 Å². The molecule has 0 radical (unpaired) electrons. The van der Waals surface area contributed by atoms with Crippen LogP contribution < -0.4 is 48.6 Å². The van der Waals surface area contributed by atoms with E-state index in [1.54, 1.807) is 13.8 Å². The molecule has 0 spiro atoms. The fourth-order valence-electron chi connectivity index (χ4n) is 1.97. The van der Waals surface area contributed by atoms with Crippen molar-refractivity contribution < 1.29 is 52.8 Å². The van der Waals surface area contributed by atoms with E-state index in [1.807, 2.05) is 24.8 Å². The quantitative estimate of drug-likeness (QED) is 0.0538. The summed E-state index contributed by atoms with van der Waals surface area (Å²) in [7, 11) is 0. The average molecular weight is 724 g/mol. The van der Waals surface area contributed by atoms with Crippen molar-refractivity contribution in [1.82, 2.24) is 42.9 Å². The fraction of sp³-hybridized carbons (Fsp3) is 0.700. The molecule has 292 valence electrons. The first-order valence-electron chi connectivity index (χ1n) is 16.2. The van der Waals surface area contributed by atoms with Crippen molar-refractivity contribution >= 4 is 53.7 Å².